The second-order valence-electron chi connectivity index (χ2n) is 7.38. The van der Waals surface area contributed by atoms with Gasteiger partial charge in [-0.15, -0.1) is 0 Å². The highest BCUT2D eigenvalue weighted by Gasteiger charge is 2.43. The molecule has 3 aliphatic heterocycles. The Labute approximate surface area is 158 Å². The Morgan fingerprint density at radius 3 is 2.59 bits per heavy atom. The van der Waals surface area contributed by atoms with Gasteiger partial charge in [-0.2, -0.15) is 0 Å². The van der Waals surface area contributed by atoms with Crippen molar-refractivity contribution in [2.24, 2.45) is 5.92 Å². The molecule has 0 spiro atoms. The maximum atomic E-state index is 12.7. The Balaban J connectivity index is 1.58. The van der Waals surface area contributed by atoms with Crippen molar-refractivity contribution in [2.45, 2.75) is 25.8 Å². The summed E-state index contributed by atoms with van der Waals surface area (Å²) < 4.78 is 5.20. The van der Waals surface area contributed by atoms with Gasteiger partial charge < -0.3 is 15.0 Å². The molecular weight excluding hydrogens is 346 g/mol. The maximum Gasteiger partial charge on any atom is 0.338 e. The van der Waals surface area contributed by atoms with Crippen LogP contribution in [0.1, 0.15) is 31.4 Å². The van der Waals surface area contributed by atoms with Gasteiger partial charge in [0.25, 0.3) is 0 Å². The summed E-state index contributed by atoms with van der Waals surface area (Å²) in [5.41, 5.74) is 1.73. The summed E-state index contributed by atoms with van der Waals surface area (Å²) in [5.74, 6) is 0.0821. The number of nitrogens with one attached hydrogen (secondary N) is 1. The third-order valence-electron chi connectivity index (χ3n) is 5.56. The van der Waals surface area contributed by atoms with Gasteiger partial charge in [-0.1, -0.05) is 37.3 Å². The monoisotopic (exact) mass is 369 g/mol. The van der Waals surface area contributed by atoms with Crippen molar-refractivity contribution >= 4 is 17.9 Å². The number of hydrogen-bond acceptors (Lipinski definition) is 4. The quantitative estimate of drug-likeness (QED) is 0.825. The van der Waals surface area contributed by atoms with Crippen LogP contribution in [0.3, 0.4) is 0 Å². The highest BCUT2D eigenvalue weighted by Crippen LogP contribution is 2.35. The molecule has 1 fully saturated rings. The Morgan fingerprint density at radius 1 is 1.19 bits per heavy atom. The van der Waals surface area contributed by atoms with E-state index in [1.54, 1.807) is 4.90 Å². The topological polar surface area (TPSA) is 79.0 Å². The van der Waals surface area contributed by atoms with Crippen molar-refractivity contribution in [1.29, 1.82) is 0 Å². The molecule has 27 heavy (non-hydrogen) atoms. The first-order valence-corrected chi connectivity index (χ1v) is 9.35. The van der Waals surface area contributed by atoms with Crippen LogP contribution in [-0.4, -0.2) is 53.9 Å². The number of piperidine rings is 1. The number of carbonyl (C=O) groups excluding carboxylic acids is 3. The van der Waals surface area contributed by atoms with Crippen molar-refractivity contribution in [3.63, 3.8) is 0 Å². The van der Waals surface area contributed by atoms with Crippen LogP contribution in [0.25, 0.3) is 0 Å². The molecule has 3 heterocycles. The number of rotatable bonds is 3. The van der Waals surface area contributed by atoms with Crippen LogP contribution in [0.2, 0.25) is 0 Å². The Kier molecular flexibility index (Phi) is 4.59. The molecule has 0 unspecified atom stereocenters. The van der Waals surface area contributed by atoms with Gasteiger partial charge in [0.1, 0.15) is 13.2 Å². The molecule has 0 bridgehead atoms. The number of ether oxygens (including phenoxy) is 1. The highest BCUT2D eigenvalue weighted by molar-refractivity contribution is 5.98. The van der Waals surface area contributed by atoms with Crippen molar-refractivity contribution < 1.29 is 19.1 Å². The van der Waals surface area contributed by atoms with Crippen LogP contribution in [0, 0.1) is 5.92 Å². The molecule has 0 radical (unpaired) electrons. The smallest absolute Gasteiger partial charge is 0.338 e. The zero-order valence-corrected chi connectivity index (χ0v) is 15.3. The number of esters is 1. The van der Waals surface area contributed by atoms with Crippen molar-refractivity contribution in [3.05, 3.63) is 47.2 Å². The maximum absolute atomic E-state index is 12.7. The molecule has 7 heteroatoms. The number of nitrogens with zero attached hydrogens (tertiary/aromatic N) is 2. The van der Waals surface area contributed by atoms with E-state index in [1.807, 2.05) is 30.3 Å². The number of likely N-dealkylation sites (tertiary alicyclic amines) is 1. The first kappa shape index (κ1) is 17.6. The van der Waals surface area contributed by atoms with E-state index < -0.39 is 12.0 Å². The summed E-state index contributed by atoms with van der Waals surface area (Å²) in [5, 5.41) is 2.86. The van der Waals surface area contributed by atoms with Gasteiger partial charge in [-0.3, -0.25) is 9.69 Å². The van der Waals surface area contributed by atoms with E-state index in [1.165, 1.54) is 4.90 Å². The van der Waals surface area contributed by atoms with Crippen LogP contribution in [0.4, 0.5) is 4.79 Å². The van der Waals surface area contributed by atoms with Gasteiger partial charge in [0.2, 0.25) is 5.91 Å². The molecule has 7 nitrogen and oxygen atoms in total. The average Bonchev–Trinajstić information content (AvgIpc) is 3.06. The van der Waals surface area contributed by atoms with E-state index >= 15 is 0 Å². The second kappa shape index (κ2) is 7.06. The molecule has 0 saturated carbocycles. The third-order valence-corrected chi connectivity index (χ3v) is 5.56. The van der Waals surface area contributed by atoms with Crippen LogP contribution in [0.5, 0.6) is 0 Å². The summed E-state index contributed by atoms with van der Waals surface area (Å²) in [6.45, 7) is 3.56. The summed E-state index contributed by atoms with van der Waals surface area (Å²) in [4.78, 5) is 40.9. The van der Waals surface area contributed by atoms with E-state index in [4.69, 9.17) is 4.74 Å². The summed E-state index contributed by atoms with van der Waals surface area (Å²) in [6.07, 6.45) is 1.95. The van der Waals surface area contributed by atoms with E-state index in [-0.39, 0.29) is 25.1 Å². The fraction of sp³-hybridized carbons (Fsp3) is 0.450. The van der Waals surface area contributed by atoms with Crippen molar-refractivity contribution in [1.82, 2.24) is 15.1 Å². The fourth-order valence-corrected chi connectivity index (χ4v) is 3.87. The predicted molar refractivity (Wildman–Crippen MR) is 97.4 cm³/mol. The molecule has 1 aromatic rings. The van der Waals surface area contributed by atoms with Gasteiger partial charge in [0.05, 0.1) is 17.3 Å². The highest BCUT2D eigenvalue weighted by atomic mass is 16.5. The molecule has 4 rings (SSSR count). The molecular formula is C20H23N3O4. The van der Waals surface area contributed by atoms with E-state index in [9.17, 15) is 14.4 Å². The number of benzene rings is 1. The minimum atomic E-state index is -0.550. The summed E-state index contributed by atoms with van der Waals surface area (Å²) in [7, 11) is 0. The van der Waals surface area contributed by atoms with Gasteiger partial charge in [-0.25, -0.2) is 9.59 Å². The Hall–Kier alpha value is -2.83. The van der Waals surface area contributed by atoms with Gasteiger partial charge in [-0.05, 0) is 24.3 Å². The molecule has 1 saturated heterocycles. The lowest BCUT2D eigenvalue weighted by atomic mass is 9.95. The standard InChI is InChI=1S/C20H23N3O4/c1-13-7-9-22(10-8-13)16(24)11-23-15-12-27-19(25)17(15)18(21-20(23)26)14-5-3-2-4-6-14/h2-6,13,18H,7-12H2,1H3,(H,21,26)/t18-/m0/s1. The molecule has 142 valence electrons. The zero-order valence-electron chi connectivity index (χ0n) is 15.3. The van der Waals surface area contributed by atoms with Crippen molar-refractivity contribution in [2.75, 3.05) is 26.2 Å². The SMILES string of the molecule is CC1CCN(C(=O)CN2C(=O)N[C@@H](c3ccccc3)C3=C2COC3=O)CC1. The van der Waals surface area contributed by atoms with Crippen molar-refractivity contribution in [3.8, 4) is 0 Å². The number of urea groups is 1. The van der Waals surface area contributed by atoms with Crippen LogP contribution in [0.15, 0.2) is 41.6 Å². The van der Waals surface area contributed by atoms with Gasteiger partial charge in [0.15, 0.2) is 0 Å². The Bertz CT molecular complexity index is 797. The summed E-state index contributed by atoms with van der Waals surface area (Å²) >= 11 is 0. The molecule has 1 aromatic carbocycles. The van der Waals surface area contributed by atoms with Crippen LogP contribution < -0.4 is 5.32 Å². The first-order valence-electron chi connectivity index (χ1n) is 9.35. The zero-order chi connectivity index (χ0) is 19.0. The lowest BCUT2D eigenvalue weighted by Gasteiger charge is -2.35. The minimum Gasteiger partial charge on any atom is -0.456 e. The minimum absolute atomic E-state index is 0.0230. The molecule has 1 N–H and O–H groups in total. The fourth-order valence-electron chi connectivity index (χ4n) is 3.87. The lowest BCUT2D eigenvalue weighted by molar-refractivity contribution is -0.136. The molecule has 1 atom stereocenters. The molecule has 0 aromatic heterocycles. The summed E-state index contributed by atoms with van der Waals surface area (Å²) in [6, 6.07) is 8.38. The van der Waals surface area contributed by atoms with Gasteiger partial charge >= 0.3 is 12.0 Å². The number of amides is 3. The molecule has 0 aliphatic carbocycles. The largest absolute Gasteiger partial charge is 0.456 e. The van der Waals surface area contributed by atoms with Gasteiger partial charge in [0, 0.05) is 13.1 Å². The number of hydrogen-bond donors (Lipinski definition) is 1. The third kappa shape index (κ3) is 3.29. The van der Waals surface area contributed by atoms with Crippen LogP contribution >= 0.6 is 0 Å². The van der Waals surface area contributed by atoms with E-state index in [2.05, 4.69) is 12.2 Å². The van der Waals surface area contributed by atoms with E-state index in [0.717, 1.165) is 18.4 Å². The lowest BCUT2D eigenvalue weighted by Crippen LogP contribution is -2.51. The predicted octanol–water partition coefficient (Wildman–Crippen LogP) is 1.82. The molecule has 3 aliphatic rings. The number of cyclic esters (lactones) is 1. The normalized spacial score (nSPS) is 23.2. The average molecular weight is 369 g/mol. The van der Waals surface area contributed by atoms with E-state index in [0.29, 0.717) is 30.3 Å². The van der Waals surface area contributed by atoms with Crippen LogP contribution in [-0.2, 0) is 14.3 Å². The second-order valence-corrected chi connectivity index (χ2v) is 7.38. The first-order chi connectivity index (χ1) is 13.0. The Morgan fingerprint density at radius 2 is 1.89 bits per heavy atom. The number of carbonyl (C=O) groups is 3. The molecule has 3 amide bonds.